The summed E-state index contributed by atoms with van der Waals surface area (Å²) in [7, 11) is 1.69. The van der Waals surface area contributed by atoms with Crippen molar-refractivity contribution in [1.82, 2.24) is 5.32 Å². The fraction of sp³-hybridized carbons (Fsp3) is 0.480. The maximum atomic E-state index is 12.7. The molecule has 0 aromatic heterocycles. The van der Waals surface area contributed by atoms with Crippen molar-refractivity contribution >= 4 is 11.6 Å². The molecule has 2 aromatic rings. The summed E-state index contributed by atoms with van der Waals surface area (Å²) >= 11 is 0. The molecule has 4 heteroatoms. The first-order valence-electron chi connectivity index (χ1n) is 11.0. The summed E-state index contributed by atoms with van der Waals surface area (Å²) in [5.41, 5.74) is 4.74. The van der Waals surface area contributed by atoms with Crippen LogP contribution in [0.25, 0.3) is 0 Å². The quantitative estimate of drug-likeness (QED) is 0.700. The number of methoxy groups -OCH3 is 1. The minimum Gasteiger partial charge on any atom is -0.385 e. The summed E-state index contributed by atoms with van der Waals surface area (Å²) in [4.78, 5) is 12.7. The largest absolute Gasteiger partial charge is 0.385 e. The lowest BCUT2D eigenvalue weighted by molar-refractivity contribution is 0.0948. The molecule has 2 aromatic carbocycles. The van der Waals surface area contributed by atoms with Crippen molar-refractivity contribution in [3.8, 4) is 0 Å². The van der Waals surface area contributed by atoms with Gasteiger partial charge < -0.3 is 15.4 Å². The Hall–Kier alpha value is -2.33. The van der Waals surface area contributed by atoms with Crippen LogP contribution in [0.2, 0.25) is 0 Å². The van der Waals surface area contributed by atoms with Gasteiger partial charge in [0.15, 0.2) is 0 Å². The Labute approximate surface area is 173 Å². The minimum atomic E-state index is 0.0220. The van der Waals surface area contributed by atoms with E-state index in [2.05, 4.69) is 53.1 Å². The number of fused-ring (bicyclic) bond motifs is 7. The average Bonchev–Trinajstić information content (AvgIpc) is 3.39. The lowest BCUT2D eigenvalue weighted by Gasteiger charge is -2.43. The number of amides is 1. The summed E-state index contributed by atoms with van der Waals surface area (Å²) in [6.07, 6.45) is 4.86. The fourth-order valence-electron chi connectivity index (χ4n) is 6.14. The molecule has 5 atom stereocenters. The number of anilines is 1. The normalized spacial score (nSPS) is 29.1. The third-order valence-corrected chi connectivity index (χ3v) is 7.32. The molecule has 1 aliphatic heterocycles. The molecule has 5 rings (SSSR count). The van der Waals surface area contributed by atoms with Gasteiger partial charge in [0.1, 0.15) is 0 Å². The monoisotopic (exact) mass is 390 g/mol. The molecular weight excluding hydrogens is 360 g/mol. The number of nitrogens with one attached hydrogen (secondary N) is 2. The molecule has 2 N–H and O–H groups in total. The molecule has 1 heterocycles. The van der Waals surface area contributed by atoms with Crippen molar-refractivity contribution in [1.29, 1.82) is 0 Å². The van der Waals surface area contributed by atoms with Crippen LogP contribution in [-0.2, 0) is 4.74 Å². The van der Waals surface area contributed by atoms with Gasteiger partial charge >= 0.3 is 0 Å². The van der Waals surface area contributed by atoms with E-state index in [9.17, 15) is 4.79 Å². The topological polar surface area (TPSA) is 50.4 Å². The lowest BCUT2D eigenvalue weighted by Crippen LogP contribution is -2.35. The molecule has 152 valence electrons. The number of hydrogen-bond donors (Lipinski definition) is 2. The van der Waals surface area contributed by atoms with Crippen LogP contribution in [0.4, 0.5) is 5.69 Å². The molecule has 0 saturated heterocycles. The number of hydrogen-bond acceptors (Lipinski definition) is 3. The Morgan fingerprint density at radius 3 is 2.79 bits per heavy atom. The number of ether oxygens (including phenoxy) is 1. The van der Waals surface area contributed by atoms with Crippen LogP contribution in [0.5, 0.6) is 0 Å². The highest BCUT2D eigenvalue weighted by molar-refractivity contribution is 5.95. The van der Waals surface area contributed by atoms with Crippen LogP contribution in [0, 0.1) is 17.8 Å². The van der Waals surface area contributed by atoms with Crippen molar-refractivity contribution in [2.45, 2.75) is 37.6 Å². The lowest BCUT2D eigenvalue weighted by atomic mass is 9.68. The van der Waals surface area contributed by atoms with Gasteiger partial charge in [-0.05, 0) is 78.7 Å². The van der Waals surface area contributed by atoms with Gasteiger partial charge in [0.05, 0.1) is 6.04 Å². The van der Waals surface area contributed by atoms with E-state index in [1.807, 2.05) is 6.07 Å². The zero-order valence-corrected chi connectivity index (χ0v) is 17.1. The minimum absolute atomic E-state index is 0.0220. The molecule has 29 heavy (non-hydrogen) atoms. The van der Waals surface area contributed by atoms with Gasteiger partial charge in [-0.15, -0.1) is 0 Å². The van der Waals surface area contributed by atoms with Crippen LogP contribution in [-0.4, -0.2) is 26.2 Å². The van der Waals surface area contributed by atoms with Gasteiger partial charge in [-0.25, -0.2) is 0 Å². The van der Waals surface area contributed by atoms with E-state index in [1.54, 1.807) is 7.11 Å². The zero-order valence-electron chi connectivity index (χ0n) is 17.1. The van der Waals surface area contributed by atoms with Crippen molar-refractivity contribution in [2.24, 2.45) is 17.8 Å². The number of benzene rings is 2. The van der Waals surface area contributed by atoms with Gasteiger partial charge in [-0.3, -0.25) is 4.79 Å². The first-order valence-corrected chi connectivity index (χ1v) is 11.0. The third-order valence-electron chi connectivity index (χ3n) is 7.32. The molecule has 2 aliphatic carbocycles. The molecule has 4 nitrogen and oxygen atoms in total. The Morgan fingerprint density at radius 1 is 1.14 bits per heavy atom. The second-order valence-electron chi connectivity index (χ2n) is 8.87. The molecule has 1 amide bonds. The predicted octanol–water partition coefficient (Wildman–Crippen LogP) is 4.75. The first kappa shape index (κ1) is 18.7. The number of carbonyl (C=O) groups is 1. The van der Waals surface area contributed by atoms with Crippen molar-refractivity contribution < 1.29 is 9.53 Å². The molecule has 0 unspecified atom stereocenters. The standard InChI is InChI=1S/C25H30N2O2/c1-29-13-5-12-26-25(28)19-10-11-21-20(15-19)22-17-8-9-18(14-17)23(22)24(27-21)16-6-3-2-4-7-16/h2-4,6-7,10-11,15,17-18,22-24,27H,5,8-9,12-14H2,1H3,(H,26,28)/t17-,18+,22+,23+,24+/m1/s1. The number of carbonyl (C=O) groups excluding carboxylic acids is 1. The van der Waals surface area contributed by atoms with Crippen molar-refractivity contribution in [3.05, 3.63) is 65.2 Å². The Morgan fingerprint density at radius 2 is 1.97 bits per heavy atom. The van der Waals surface area contributed by atoms with Crippen LogP contribution in [0.15, 0.2) is 48.5 Å². The predicted molar refractivity (Wildman–Crippen MR) is 115 cm³/mol. The Balaban J connectivity index is 1.44. The molecule has 0 radical (unpaired) electrons. The van der Waals surface area contributed by atoms with Crippen LogP contribution >= 0.6 is 0 Å². The van der Waals surface area contributed by atoms with Crippen LogP contribution in [0.1, 0.15) is 59.1 Å². The maximum Gasteiger partial charge on any atom is 0.251 e. The van der Waals surface area contributed by atoms with Gasteiger partial charge in [-0.1, -0.05) is 30.3 Å². The number of rotatable bonds is 6. The highest BCUT2D eigenvalue weighted by Gasteiger charge is 2.53. The highest BCUT2D eigenvalue weighted by Crippen LogP contribution is 2.63. The molecule has 2 bridgehead atoms. The zero-order chi connectivity index (χ0) is 19.8. The Kier molecular flexibility index (Phi) is 5.04. The second-order valence-corrected chi connectivity index (χ2v) is 8.87. The van der Waals surface area contributed by atoms with Gasteiger partial charge in [0.25, 0.3) is 5.91 Å². The van der Waals surface area contributed by atoms with E-state index in [4.69, 9.17) is 4.74 Å². The molecule has 3 aliphatic rings. The fourth-order valence-corrected chi connectivity index (χ4v) is 6.14. The summed E-state index contributed by atoms with van der Waals surface area (Å²) in [5, 5.41) is 6.88. The molecule has 2 fully saturated rings. The first-order chi connectivity index (χ1) is 14.3. The Bertz CT molecular complexity index is 882. The van der Waals surface area contributed by atoms with E-state index >= 15 is 0 Å². The van der Waals surface area contributed by atoms with Gasteiger partial charge in [-0.2, -0.15) is 0 Å². The van der Waals surface area contributed by atoms with Gasteiger partial charge in [0.2, 0.25) is 0 Å². The van der Waals surface area contributed by atoms with E-state index in [0.717, 1.165) is 23.8 Å². The second kappa shape index (κ2) is 7.83. The summed E-state index contributed by atoms with van der Waals surface area (Å²) in [5.74, 6) is 2.77. The molecular formula is C25H30N2O2. The summed E-state index contributed by atoms with van der Waals surface area (Å²) in [6, 6.07) is 17.5. The van der Waals surface area contributed by atoms with E-state index in [0.29, 0.717) is 31.0 Å². The smallest absolute Gasteiger partial charge is 0.251 e. The SMILES string of the molecule is COCCCNC(=O)c1ccc2c(c1)[C@@H]1[C@@H]3CC[C@@H](C3)[C@@H]1[C@H](c1ccccc1)N2. The molecule has 0 spiro atoms. The van der Waals surface area contributed by atoms with E-state index in [1.165, 1.54) is 36.1 Å². The van der Waals surface area contributed by atoms with Crippen LogP contribution in [0.3, 0.4) is 0 Å². The van der Waals surface area contributed by atoms with E-state index in [-0.39, 0.29) is 5.91 Å². The maximum absolute atomic E-state index is 12.7. The van der Waals surface area contributed by atoms with Crippen molar-refractivity contribution in [3.63, 3.8) is 0 Å². The van der Waals surface area contributed by atoms with Crippen molar-refractivity contribution in [2.75, 3.05) is 25.6 Å². The summed E-state index contributed by atoms with van der Waals surface area (Å²) in [6.45, 7) is 1.32. The molecule has 2 saturated carbocycles. The van der Waals surface area contributed by atoms with E-state index < -0.39 is 0 Å². The average molecular weight is 391 g/mol. The summed E-state index contributed by atoms with van der Waals surface area (Å²) < 4.78 is 5.07. The third kappa shape index (κ3) is 3.33. The van der Waals surface area contributed by atoms with Crippen LogP contribution < -0.4 is 10.6 Å². The highest BCUT2D eigenvalue weighted by atomic mass is 16.5. The van der Waals surface area contributed by atoms with Gasteiger partial charge in [0, 0.05) is 31.5 Å².